The maximum absolute atomic E-state index is 3.47. The summed E-state index contributed by atoms with van der Waals surface area (Å²) in [5, 5.41) is 0. The van der Waals surface area contributed by atoms with Crippen LogP contribution >= 0.6 is 9.24 Å². The van der Waals surface area contributed by atoms with E-state index in [9.17, 15) is 0 Å². The van der Waals surface area contributed by atoms with Crippen LogP contribution in [0.3, 0.4) is 0 Å². The first-order chi connectivity index (χ1) is 20.1. The number of rotatable bonds is 34. The molecule has 0 aromatic heterocycles. The molecule has 41 heavy (non-hydrogen) atoms. The minimum Gasteiger partial charge on any atom is -0.134 e. The van der Waals surface area contributed by atoms with Gasteiger partial charge in [0.25, 0.3) is 0 Å². The molecule has 0 aliphatic rings. The van der Waals surface area contributed by atoms with Gasteiger partial charge in [-0.2, -0.15) is 0 Å². The van der Waals surface area contributed by atoms with Gasteiger partial charge in [-0.3, -0.25) is 0 Å². The molecule has 3 unspecified atom stereocenters. The average molecular weight is 595 g/mol. The normalized spacial score (nSPS) is 13.6. The minimum atomic E-state index is 0.574. The van der Waals surface area contributed by atoms with Crippen LogP contribution in [-0.2, 0) is 0 Å². The molecule has 0 aliphatic heterocycles. The smallest absolute Gasteiger partial charge is 0.0205 e. The Morgan fingerprint density at radius 2 is 0.634 bits per heavy atom. The van der Waals surface area contributed by atoms with Gasteiger partial charge < -0.3 is 0 Å². The summed E-state index contributed by atoms with van der Waals surface area (Å²) < 4.78 is 0. The molecule has 3 atom stereocenters. The van der Waals surface area contributed by atoms with E-state index in [1.165, 1.54) is 205 Å². The van der Waals surface area contributed by atoms with Crippen LogP contribution in [0.2, 0.25) is 0 Å². The van der Waals surface area contributed by atoms with E-state index >= 15 is 0 Å². The molecule has 0 nitrogen and oxygen atoms in total. The summed E-state index contributed by atoms with van der Waals surface area (Å²) in [6.45, 7) is 11.9. The van der Waals surface area contributed by atoms with E-state index in [-0.39, 0.29) is 0 Å². The largest absolute Gasteiger partial charge is 0.134 e. The van der Waals surface area contributed by atoms with Crippen molar-refractivity contribution in [2.24, 2.45) is 11.3 Å². The second-order valence-corrected chi connectivity index (χ2v) is 15.0. The van der Waals surface area contributed by atoms with Gasteiger partial charge in [0, 0.05) is 0 Å². The van der Waals surface area contributed by atoms with Gasteiger partial charge in [-0.05, 0) is 49.1 Å². The molecule has 0 aromatic rings. The fraction of sp³-hybridized carbons (Fsp3) is 1.00. The van der Waals surface area contributed by atoms with E-state index in [0.717, 1.165) is 11.6 Å². The van der Waals surface area contributed by atoms with Crippen LogP contribution in [-0.4, -0.2) is 5.66 Å². The summed E-state index contributed by atoms with van der Waals surface area (Å²) >= 11 is 0. The Hall–Kier alpha value is 0.430. The molecule has 0 heterocycles. The van der Waals surface area contributed by atoms with Gasteiger partial charge in [0.15, 0.2) is 0 Å². The Labute approximate surface area is 265 Å². The number of hydrogen-bond acceptors (Lipinski definition) is 0. The zero-order chi connectivity index (χ0) is 30.3. The summed E-state index contributed by atoms with van der Waals surface area (Å²) in [4.78, 5) is 0. The van der Waals surface area contributed by atoms with Crippen LogP contribution in [0.5, 0.6) is 0 Å². The van der Waals surface area contributed by atoms with Gasteiger partial charge in [0.1, 0.15) is 0 Å². The molecule has 0 spiro atoms. The van der Waals surface area contributed by atoms with Crippen LogP contribution in [0, 0.1) is 11.3 Å². The van der Waals surface area contributed by atoms with Crippen LogP contribution < -0.4 is 0 Å². The first kappa shape index (κ1) is 41.4. The molecule has 0 rings (SSSR count). The molecule has 0 bridgehead atoms. The Morgan fingerprint density at radius 3 is 1.00 bits per heavy atom. The van der Waals surface area contributed by atoms with E-state index < -0.39 is 0 Å². The fourth-order valence-electron chi connectivity index (χ4n) is 7.58. The predicted molar refractivity (Wildman–Crippen MR) is 196 cm³/mol. The highest BCUT2D eigenvalue weighted by Crippen LogP contribution is 2.50. The van der Waals surface area contributed by atoms with Crippen molar-refractivity contribution in [3.63, 3.8) is 0 Å². The fourth-order valence-corrected chi connectivity index (χ4v) is 8.42. The number of unbranched alkanes of at least 4 members (excludes halogenated alkanes) is 22. The molecular formula is C40H83P. The summed E-state index contributed by atoms with van der Waals surface area (Å²) in [6, 6.07) is 0. The van der Waals surface area contributed by atoms with Gasteiger partial charge in [-0.25, -0.2) is 0 Å². The van der Waals surface area contributed by atoms with Crippen LogP contribution in [0.4, 0.5) is 0 Å². The lowest BCUT2D eigenvalue weighted by Crippen LogP contribution is -2.39. The number of hydrogen-bond donors (Lipinski definition) is 0. The lowest BCUT2D eigenvalue weighted by Gasteiger charge is -2.47. The molecular weight excluding hydrogens is 511 g/mol. The van der Waals surface area contributed by atoms with Gasteiger partial charge in [-0.1, -0.05) is 208 Å². The van der Waals surface area contributed by atoms with Crippen molar-refractivity contribution in [3.05, 3.63) is 0 Å². The van der Waals surface area contributed by atoms with Crippen molar-refractivity contribution in [2.75, 3.05) is 0 Å². The van der Waals surface area contributed by atoms with Crippen molar-refractivity contribution in [1.29, 1.82) is 0 Å². The van der Waals surface area contributed by atoms with Gasteiger partial charge in [0.2, 0.25) is 0 Å². The van der Waals surface area contributed by atoms with E-state index in [4.69, 9.17) is 0 Å². The zero-order valence-corrected chi connectivity index (χ0v) is 31.0. The van der Waals surface area contributed by atoms with E-state index in [2.05, 4.69) is 43.9 Å². The van der Waals surface area contributed by atoms with Crippen LogP contribution in [0.15, 0.2) is 0 Å². The van der Waals surface area contributed by atoms with Crippen molar-refractivity contribution in [3.8, 4) is 0 Å². The van der Waals surface area contributed by atoms with Gasteiger partial charge >= 0.3 is 0 Å². The second-order valence-electron chi connectivity index (χ2n) is 14.2. The molecule has 1 heteroatoms. The SMILES string of the molecule is CCCCCCCCCCCCCCCCC(CCCC)C(CCCC)(CCCC)C(P)CCCCCCCCC. The highest BCUT2D eigenvalue weighted by atomic mass is 31.0. The highest BCUT2D eigenvalue weighted by Gasteiger charge is 2.41. The van der Waals surface area contributed by atoms with Gasteiger partial charge in [0.05, 0.1) is 0 Å². The lowest BCUT2D eigenvalue weighted by atomic mass is 9.62. The Bertz CT molecular complexity index is 477. The molecule has 0 aliphatic carbocycles. The monoisotopic (exact) mass is 595 g/mol. The first-order valence-corrected chi connectivity index (χ1v) is 20.5. The summed E-state index contributed by atoms with van der Waals surface area (Å²) in [6.07, 6.45) is 46.5. The third-order valence-electron chi connectivity index (χ3n) is 10.5. The molecule has 0 saturated carbocycles. The maximum atomic E-state index is 3.47. The molecule has 0 amide bonds. The third kappa shape index (κ3) is 22.6. The molecule has 248 valence electrons. The quantitative estimate of drug-likeness (QED) is 0.0513. The summed E-state index contributed by atoms with van der Waals surface area (Å²) in [5.41, 5.74) is 1.40. The second kappa shape index (κ2) is 31.8. The van der Waals surface area contributed by atoms with Gasteiger partial charge in [-0.15, -0.1) is 9.24 Å². The average Bonchev–Trinajstić information content (AvgIpc) is 2.98. The Kier molecular flexibility index (Phi) is 32.2. The lowest BCUT2D eigenvalue weighted by molar-refractivity contribution is 0.0901. The Balaban J connectivity index is 4.76. The molecule has 0 radical (unpaired) electrons. The molecule has 0 aromatic carbocycles. The maximum Gasteiger partial charge on any atom is -0.0205 e. The van der Waals surface area contributed by atoms with E-state index in [1.54, 1.807) is 0 Å². The van der Waals surface area contributed by atoms with E-state index in [0.29, 0.717) is 5.41 Å². The van der Waals surface area contributed by atoms with Crippen molar-refractivity contribution in [2.45, 2.75) is 246 Å². The minimum absolute atomic E-state index is 0.574. The zero-order valence-electron chi connectivity index (χ0n) is 29.9. The predicted octanol–water partition coefficient (Wildman–Crippen LogP) is 15.4. The summed E-state index contributed by atoms with van der Waals surface area (Å²) in [7, 11) is 3.47. The van der Waals surface area contributed by atoms with Crippen molar-refractivity contribution >= 4 is 9.24 Å². The standard InChI is InChI=1S/C40H83P/c1-6-11-16-18-20-21-22-23-24-25-26-28-29-31-34-38(33-13-8-3)40(36-14-9-4,37-15-10-5)39(41)35-32-30-27-19-17-12-7-2/h38-39H,6-37,41H2,1-5H3. The van der Waals surface area contributed by atoms with Crippen LogP contribution in [0.1, 0.15) is 240 Å². The topological polar surface area (TPSA) is 0 Å². The molecule has 0 N–H and O–H groups in total. The van der Waals surface area contributed by atoms with Crippen molar-refractivity contribution < 1.29 is 0 Å². The first-order valence-electron chi connectivity index (χ1n) is 19.9. The third-order valence-corrected chi connectivity index (χ3v) is 11.5. The van der Waals surface area contributed by atoms with E-state index in [1.807, 2.05) is 0 Å². The molecule has 0 saturated heterocycles. The molecule has 0 fully saturated rings. The van der Waals surface area contributed by atoms with Crippen LogP contribution in [0.25, 0.3) is 0 Å². The Morgan fingerprint density at radius 1 is 0.341 bits per heavy atom. The van der Waals surface area contributed by atoms with Crippen molar-refractivity contribution in [1.82, 2.24) is 0 Å². The highest BCUT2D eigenvalue weighted by molar-refractivity contribution is 7.17. The summed E-state index contributed by atoms with van der Waals surface area (Å²) in [5.74, 6) is 0.949.